The highest BCUT2D eigenvalue weighted by atomic mass is 35.5. The third-order valence-electron chi connectivity index (χ3n) is 5.44. The molecule has 1 atom stereocenters. The summed E-state index contributed by atoms with van der Waals surface area (Å²) in [6, 6.07) is 11.7. The van der Waals surface area contributed by atoms with Gasteiger partial charge in [-0.25, -0.2) is 8.78 Å². The minimum absolute atomic E-state index is 0. The maximum Gasteiger partial charge on any atom is 0.127 e. The zero-order valence-corrected chi connectivity index (χ0v) is 15.5. The quantitative estimate of drug-likeness (QED) is 0.744. The monoisotopic (exact) mass is 379 g/mol. The molecule has 0 amide bonds. The molecule has 0 radical (unpaired) electrons. The largest absolute Gasteiger partial charge is 0.490 e. The molecule has 1 heterocycles. The Labute approximate surface area is 159 Å². The van der Waals surface area contributed by atoms with Crippen LogP contribution in [0.2, 0.25) is 0 Å². The first kappa shape index (κ1) is 19.1. The third-order valence-corrected chi connectivity index (χ3v) is 5.44. The highest BCUT2D eigenvalue weighted by Gasteiger charge is 2.29. The van der Waals surface area contributed by atoms with Crippen molar-refractivity contribution in [3.05, 3.63) is 65.2 Å². The molecule has 0 bridgehead atoms. The number of fused-ring (bicyclic) bond motifs is 1. The molecule has 2 aliphatic rings. The summed E-state index contributed by atoms with van der Waals surface area (Å²) < 4.78 is 33.1. The van der Waals surface area contributed by atoms with E-state index in [9.17, 15) is 8.78 Å². The van der Waals surface area contributed by atoms with E-state index in [0.717, 1.165) is 56.6 Å². The number of aryl methyl sites for hydroxylation is 1. The molecule has 26 heavy (non-hydrogen) atoms. The van der Waals surface area contributed by atoms with E-state index in [0.29, 0.717) is 5.92 Å². The Morgan fingerprint density at radius 2 is 1.69 bits per heavy atom. The summed E-state index contributed by atoms with van der Waals surface area (Å²) in [5.74, 6) is 0.748. The molecule has 0 aromatic heterocycles. The fourth-order valence-corrected chi connectivity index (χ4v) is 4.14. The first-order valence-corrected chi connectivity index (χ1v) is 9.11. The van der Waals surface area contributed by atoms with Crippen LogP contribution in [0.25, 0.3) is 0 Å². The van der Waals surface area contributed by atoms with Crippen LogP contribution in [0.3, 0.4) is 0 Å². The van der Waals surface area contributed by atoms with Crippen LogP contribution in [0.1, 0.15) is 36.3 Å². The fraction of sp³-hybridized carbons (Fsp3) is 0.429. The van der Waals surface area contributed by atoms with Gasteiger partial charge in [0, 0.05) is 25.6 Å². The Bertz CT molecular complexity index is 729. The average molecular weight is 380 g/mol. The molecule has 140 valence electrons. The second-order valence-corrected chi connectivity index (χ2v) is 7.12. The topological polar surface area (TPSA) is 12.5 Å². The summed E-state index contributed by atoms with van der Waals surface area (Å²) in [5, 5.41) is 0. The lowest BCUT2D eigenvalue weighted by Crippen LogP contribution is -2.40. The predicted octanol–water partition coefficient (Wildman–Crippen LogP) is 4.96. The fourth-order valence-electron chi connectivity index (χ4n) is 4.14. The van der Waals surface area contributed by atoms with Crippen molar-refractivity contribution in [2.45, 2.75) is 37.7 Å². The van der Waals surface area contributed by atoms with Crippen molar-refractivity contribution in [3.8, 4) is 5.75 Å². The molecule has 2 aromatic rings. The van der Waals surface area contributed by atoms with E-state index in [-0.39, 0.29) is 30.1 Å². The molecule has 1 fully saturated rings. The third kappa shape index (κ3) is 4.18. The number of hydrogen-bond donors (Lipinski definition) is 0. The van der Waals surface area contributed by atoms with Crippen molar-refractivity contribution >= 4 is 12.4 Å². The van der Waals surface area contributed by atoms with Gasteiger partial charge in [0.2, 0.25) is 0 Å². The Balaban J connectivity index is 0.00000196. The molecule has 0 spiro atoms. The molecule has 2 aromatic carbocycles. The number of likely N-dealkylation sites (tertiary alicyclic amines) is 1. The highest BCUT2D eigenvalue weighted by Crippen LogP contribution is 2.36. The average Bonchev–Trinajstić information content (AvgIpc) is 3.03. The van der Waals surface area contributed by atoms with Crippen molar-refractivity contribution in [1.29, 1.82) is 0 Å². The number of benzene rings is 2. The minimum atomic E-state index is -0.244. The summed E-state index contributed by atoms with van der Waals surface area (Å²) in [4.78, 5) is 2.43. The molecular formula is C21H24ClF2NO. The molecule has 1 aliphatic carbocycles. The first-order valence-electron chi connectivity index (χ1n) is 9.11. The van der Waals surface area contributed by atoms with Gasteiger partial charge in [0.15, 0.2) is 0 Å². The van der Waals surface area contributed by atoms with Gasteiger partial charge in [-0.05, 0) is 67.1 Å². The van der Waals surface area contributed by atoms with Crippen molar-refractivity contribution in [1.82, 2.24) is 4.90 Å². The van der Waals surface area contributed by atoms with E-state index in [1.165, 1.54) is 17.7 Å². The lowest BCUT2D eigenvalue weighted by atomic mass is 9.98. The van der Waals surface area contributed by atoms with Crippen LogP contribution >= 0.6 is 12.4 Å². The molecule has 5 heteroatoms. The highest BCUT2D eigenvalue weighted by molar-refractivity contribution is 5.85. The smallest absolute Gasteiger partial charge is 0.127 e. The van der Waals surface area contributed by atoms with Crippen molar-refractivity contribution in [2.24, 2.45) is 0 Å². The van der Waals surface area contributed by atoms with Gasteiger partial charge in [-0.15, -0.1) is 12.4 Å². The van der Waals surface area contributed by atoms with Gasteiger partial charge in [0.25, 0.3) is 0 Å². The van der Waals surface area contributed by atoms with Gasteiger partial charge in [-0.2, -0.15) is 0 Å². The summed E-state index contributed by atoms with van der Waals surface area (Å²) in [6.07, 6.45) is 4.11. The van der Waals surface area contributed by atoms with Crippen LogP contribution in [-0.2, 0) is 6.42 Å². The predicted molar refractivity (Wildman–Crippen MR) is 101 cm³/mol. The van der Waals surface area contributed by atoms with Gasteiger partial charge < -0.3 is 9.64 Å². The number of piperidine rings is 1. The van der Waals surface area contributed by atoms with E-state index < -0.39 is 0 Å². The van der Waals surface area contributed by atoms with E-state index >= 15 is 0 Å². The maximum absolute atomic E-state index is 14.2. The number of halogens is 3. The zero-order chi connectivity index (χ0) is 17.2. The van der Waals surface area contributed by atoms with Gasteiger partial charge in [-0.1, -0.05) is 12.1 Å². The number of hydrogen-bond acceptors (Lipinski definition) is 2. The molecule has 0 N–H and O–H groups in total. The maximum atomic E-state index is 14.2. The van der Waals surface area contributed by atoms with Crippen LogP contribution in [-0.4, -0.2) is 30.6 Å². The van der Waals surface area contributed by atoms with Crippen molar-refractivity contribution < 1.29 is 13.5 Å². The summed E-state index contributed by atoms with van der Waals surface area (Å²) in [7, 11) is 0. The molecular weight excluding hydrogens is 356 g/mol. The standard InChI is InChI=1S/C21H23F2NO.ClH/c22-17-6-8-18(9-7-17)25-19-10-12-24(13-11-19)14-16-5-4-15-2-1-3-20(23)21(15)16;/h1-3,6-9,16,19H,4-5,10-14H2;1H. The van der Waals surface area contributed by atoms with Gasteiger partial charge >= 0.3 is 0 Å². The lowest BCUT2D eigenvalue weighted by Gasteiger charge is -2.33. The number of nitrogens with zero attached hydrogens (tertiary/aromatic N) is 1. The normalized spacial score (nSPS) is 20.5. The first-order chi connectivity index (χ1) is 12.2. The second-order valence-electron chi connectivity index (χ2n) is 7.12. The van der Waals surface area contributed by atoms with Crippen LogP contribution in [0.5, 0.6) is 5.75 Å². The van der Waals surface area contributed by atoms with E-state index in [1.807, 2.05) is 6.07 Å². The van der Waals surface area contributed by atoms with Gasteiger partial charge in [0.05, 0.1) is 0 Å². The Hall–Kier alpha value is -1.65. The number of ether oxygens (including phenoxy) is 1. The van der Waals surface area contributed by atoms with Crippen molar-refractivity contribution in [2.75, 3.05) is 19.6 Å². The molecule has 0 saturated carbocycles. The SMILES string of the molecule is Cl.Fc1ccc(OC2CCN(CC3CCc4cccc(F)c43)CC2)cc1. The van der Waals surface area contributed by atoms with Crippen LogP contribution < -0.4 is 4.74 Å². The Kier molecular flexibility index (Phi) is 6.15. The number of rotatable bonds is 4. The van der Waals surface area contributed by atoms with Gasteiger partial charge in [0.1, 0.15) is 23.5 Å². The Morgan fingerprint density at radius 1 is 0.962 bits per heavy atom. The van der Waals surface area contributed by atoms with Crippen LogP contribution in [0.4, 0.5) is 8.78 Å². The van der Waals surface area contributed by atoms with E-state index in [2.05, 4.69) is 11.0 Å². The van der Waals surface area contributed by atoms with E-state index in [4.69, 9.17) is 4.74 Å². The van der Waals surface area contributed by atoms with Gasteiger partial charge in [-0.3, -0.25) is 0 Å². The molecule has 2 nitrogen and oxygen atoms in total. The molecule has 1 aliphatic heterocycles. The van der Waals surface area contributed by atoms with Crippen molar-refractivity contribution in [3.63, 3.8) is 0 Å². The van der Waals surface area contributed by atoms with Crippen LogP contribution in [0, 0.1) is 11.6 Å². The molecule has 1 saturated heterocycles. The second kappa shape index (κ2) is 8.36. The summed E-state index contributed by atoms with van der Waals surface area (Å²) >= 11 is 0. The lowest BCUT2D eigenvalue weighted by molar-refractivity contribution is 0.0967. The van der Waals surface area contributed by atoms with Crippen LogP contribution in [0.15, 0.2) is 42.5 Å². The zero-order valence-electron chi connectivity index (χ0n) is 14.7. The summed E-state index contributed by atoms with van der Waals surface area (Å²) in [6.45, 7) is 2.86. The summed E-state index contributed by atoms with van der Waals surface area (Å²) in [5.41, 5.74) is 2.12. The Morgan fingerprint density at radius 3 is 2.42 bits per heavy atom. The minimum Gasteiger partial charge on any atom is -0.490 e. The molecule has 1 unspecified atom stereocenters. The van der Waals surface area contributed by atoms with E-state index in [1.54, 1.807) is 18.2 Å². The molecule has 4 rings (SSSR count).